The number of benzene rings is 2. The maximum absolute atomic E-state index is 12.4. The van der Waals surface area contributed by atoms with Gasteiger partial charge in [0, 0.05) is 0 Å². The molecule has 5 heteroatoms. The fourth-order valence-electron chi connectivity index (χ4n) is 2.95. The number of nitrogens with zero attached hydrogens (tertiary/aromatic N) is 1. The Labute approximate surface area is 159 Å². The van der Waals surface area contributed by atoms with Gasteiger partial charge >= 0.3 is 6.09 Å². The first-order valence-corrected chi connectivity index (χ1v) is 9.06. The van der Waals surface area contributed by atoms with Gasteiger partial charge in [0.15, 0.2) is 0 Å². The Balaban J connectivity index is 1.45. The van der Waals surface area contributed by atoms with Crippen molar-refractivity contribution in [3.8, 4) is 0 Å². The second kappa shape index (κ2) is 9.69. The lowest BCUT2D eigenvalue weighted by Crippen LogP contribution is -2.39. The largest absolute Gasteiger partial charge is 0.447 e. The second-order valence-electron chi connectivity index (χ2n) is 6.36. The van der Waals surface area contributed by atoms with Crippen LogP contribution in [0.15, 0.2) is 72.8 Å². The number of imide groups is 1. The zero-order valence-electron chi connectivity index (χ0n) is 15.1. The number of amides is 2. The number of carbonyl (C=O) groups excluding carboxylic acids is 2. The van der Waals surface area contributed by atoms with E-state index in [1.807, 2.05) is 60.7 Å². The van der Waals surface area contributed by atoms with Crippen LogP contribution < -0.4 is 0 Å². The minimum Gasteiger partial charge on any atom is -0.447 e. The van der Waals surface area contributed by atoms with Gasteiger partial charge in [0.1, 0.15) is 6.61 Å². The summed E-state index contributed by atoms with van der Waals surface area (Å²) in [5.41, 5.74) is 2.18. The van der Waals surface area contributed by atoms with Gasteiger partial charge in [-0.25, -0.2) is 9.69 Å². The smallest absolute Gasteiger partial charge is 0.417 e. The summed E-state index contributed by atoms with van der Waals surface area (Å²) >= 11 is 0. The molecule has 0 unspecified atom stereocenters. The predicted molar refractivity (Wildman–Crippen MR) is 102 cm³/mol. The van der Waals surface area contributed by atoms with Gasteiger partial charge in [-0.05, 0) is 30.0 Å². The molecule has 1 saturated heterocycles. The number of cyclic esters (lactones) is 1. The summed E-state index contributed by atoms with van der Waals surface area (Å²) in [5.74, 6) is -0.346. The highest BCUT2D eigenvalue weighted by Gasteiger charge is 2.36. The van der Waals surface area contributed by atoms with Crippen LogP contribution in [-0.2, 0) is 27.3 Å². The van der Waals surface area contributed by atoms with E-state index in [1.54, 1.807) is 6.08 Å². The van der Waals surface area contributed by atoms with Crippen LogP contribution in [0.1, 0.15) is 17.5 Å². The highest BCUT2D eigenvalue weighted by molar-refractivity contribution is 5.99. The fraction of sp³-hybridized carbons (Fsp3) is 0.273. The molecule has 0 spiro atoms. The van der Waals surface area contributed by atoms with E-state index >= 15 is 0 Å². The Kier molecular flexibility index (Phi) is 6.77. The van der Waals surface area contributed by atoms with Crippen molar-refractivity contribution in [1.82, 2.24) is 4.90 Å². The van der Waals surface area contributed by atoms with Crippen molar-refractivity contribution in [3.63, 3.8) is 0 Å². The monoisotopic (exact) mass is 365 g/mol. The van der Waals surface area contributed by atoms with Crippen LogP contribution in [0.25, 0.3) is 0 Å². The second-order valence-corrected chi connectivity index (χ2v) is 6.36. The molecule has 3 rings (SSSR count). The van der Waals surface area contributed by atoms with Crippen LogP contribution in [0.5, 0.6) is 0 Å². The number of hydrogen-bond donors (Lipinski definition) is 0. The predicted octanol–water partition coefficient (Wildman–Crippen LogP) is 3.74. The first-order valence-electron chi connectivity index (χ1n) is 9.06. The van der Waals surface area contributed by atoms with Crippen LogP contribution in [0, 0.1) is 0 Å². The van der Waals surface area contributed by atoms with Crippen LogP contribution in [0.3, 0.4) is 0 Å². The SMILES string of the molecule is O=C(/C=C/CCOCc1ccccc1)N1C(=O)OC[C@H]1Cc1ccccc1. The van der Waals surface area contributed by atoms with Crippen LogP contribution in [0.4, 0.5) is 4.79 Å². The van der Waals surface area contributed by atoms with E-state index in [-0.39, 0.29) is 18.6 Å². The van der Waals surface area contributed by atoms with Gasteiger partial charge in [-0.3, -0.25) is 4.79 Å². The van der Waals surface area contributed by atoms with Gasteiger partial charge in [-0.1, -0.05) is 66.7 Å². The summed E-state index contributed by atoms with van der Waals surface area (Å²) in [7, 11) is 0. The zero-order valence-corrected chi connectivity index (χ0v) is 15.1. The minimum absolute atomic E-state index is 0.230. The molecule has 0 bridgehead atoms. The first kappa shape index (κ1) is 18.9. The Morgan fingerprint density at radius 2 is 1.74 bits per heavy atom. The van der Waals surface area contributed by atoms with Gasteiger partial charge in [-0.2, -0.15) is 0 Å². The third-order valence-electron chi connectivity index (χ3n) is 4.31. The molecular formula is C22H23NO4. The van der Waals surface area contributed by atoms with Crippen molar-refractivity contribution < 1.29 is 19.1 Å². The van der Waals surface area contributed by atoms with E-state index < -0.39 is 6.09 Å². The third kappa shape index (κ3) is 5.53. The number of rotatable bonds is 8. The molecule has 1 aliphatic rings. The number of hydrogen-bond acceptors (Lipinski definition) is 4. The Morgan fingerprint density at radius 3 is 2.44 bits per heavy atom. The quantitative estimate of drug-likeness (QED) is 0.528. The summed E-state index contributed by atoms with van der Waals surface area (Å²) in [6.45, 7) is 1.28. The summed E-state index contributed by atoms with van der Waals surface area (Å²) < 4.78 is 10.7. The molecule has 2 aromatic carbocycles. The molecule has 1 aliphatic heterocycles. The lowest BCUT2D eigenvalue weighted by Gasteiger charge is -2.18. The summed E-state index contributed by atoms with van der Waals surface area (Å²) in [5, 5.41) is 0. The topological polar surface area (TPSA) is 55.8 Å². The van der Waals surface area contributed by atoms with Crippen molar-refractivity contribution in [2.24, 2.45) is 0 Å². The van der Waals surface area contributed by atoms with E-state index in [0.29, 0.717) is 26.1 Å². The molecule has 1 fully saturated rings. The molecule has 140 valence electrons. The third-order valence-corrected chi connectivity index (χ3v) is 4.31. The Hall–Kier alpha value is -2.92. The van der Waals surface area contributed by atoms with Crippen molar-refractivity contribution in [2.45, 2.75) is 25.5 Å². The molecule has 0 aromatic heterocycles. The molecule has 27 heavy (non-hydrogen) atoms. The van der Waals surface area contributed by atoms with E-state index in [1.165, 1.54) is 11.0 Å². The van der Waals surface area contributed by atoms with Crippen molar-refractivity contribution >= 4 is 12.0 Å². The molecule has 1 atom stereocenters. The normalized spacial score (nSPS) is 16.7. The van der Waals surface area contributed by atoms with Crippen molar-refractivity contribution in [2.75, 3.05) is 13.2 Å². The summed E-state index contributed by atoms with van der Waals surface area (Å²) in [6.07, 6.45) is 3.78. The highest BCUT2D eigenvalue weighted by Crippen LogP contribution is 2.18. The lowest BCUT2D eigenvalue weighted by molar-refractivity contribution is -0.124. The van der Waals surface area contributed by atoms with Crippen LogP contribution >= 0.6 is 0 Å². The van der Waals surface area contributed by atoms with Gasteiger partial charge in [0.25, 0.3) is 5.91 Å². The minimum atomic E-state index is -0.578. The van der Waals surface area contributed by atoms with E-state index in [2.05, 4.69) is 0 Å². The van der Waals surface area contributed by atoms with E-state index in [4.69, 9.17) is 9.47 Å². The Bertz CT molecular complexity index is 773. The average molecular weight is 365 g/mol. The molecule has 2 amide bonds. The molecule has 0 radical (unpaired) electrons. The maximum Gasteiger partial charge on any atom is 0.417 e. The molecule has 5 nitrogen and oxygen atoms in total. The molecule has 2 aromatic rings. The Morgan fingerprint density at radius 1 is 1.07 bits per heavy atom. The summed E-state index contributed by atoms with van der Waals surface area (Å²) in [4.78, 5) is 25.5. The molecule has 0 N–H and O–H groups in total. The maximum atomic E-state index is 12.4. The van der Waals surface area contributed by atoms with Crippen molar-refractivity contribution in [1.29, 1.82) is 0 Å². The number of carbonyl (C=O) groups is 2. The molecule has 0 saturated carbocycles. The van der Waals surface area contributed by atoms with Gasteiger partial charge in [0.05, 0.1) is 19.3 Å². The average Bonchev–Trinajstić information content (AvgIpc) is 3.06. The number of ether oxygens (including phenoxy) is 2. The standard InChI is InChI=1S/C22H23NO4/c24-21(13-7-8-14-26-16-19-11-5-2-6-12-19)23-20(17-27-22(23)25)15-18-9-3-1-4-10-18/h1-7,9-13,20H,8,14-17H2/b13-7+/t20-/m1/s1. The van der Waals surface area contributed by atoms with Crippen LogP contribution in [0.2, 0.25) is 0 Å². The van der Waals surface area contributed by atoms with Crippen molar-refractivity contribution in [3.05, 3.63) is 83.9 Å². The van der Waals surface area contributed by atoms with Gasteiger partial charge < -0.3 is 9.47 Å². The lowest BCUT2D eigenvalue weighted by atomic mass is 10.1. The van der Waals surface area contributed by atoms with E-state index in [9.17, 15) is 9.59 Å². The zero-order chi connectivity index (χ0) is 18.9. The fourth-order valence-corrected chi connectivity index (χ4v) is 2.95. The first-order chi connectivity index (χ1) is 13.2. The summed E-state index contributed by atoms with van der Waals surface area (Å²) in [6, 6.07) is 19.4. The van der Waals surface area contributed by atoms with Crippen LogP contribution in [-0.4, -0.2) is 36.2 Å². The van der Waals surface area contributed by atoms with E-state index in [0.717, 1.165) is 11.1 Å². The molecule has 0 aliphatic carbocycles. The highest BCUT2D eigenvalue weighted by atomic mass is 16.6. The van der Waals surface area contributed by atoms with Gasteiger partial charge in [-0.15, -0.1) is 0 Å². The van der Waals surface area contributed by atoms with Gasteiger partial charge in [0.2, 0.25) is 0 Å². The molecular weight excluding hydrogens is 342 g/mol. The molecule has 1 heterocycles.